The molecular formula is C19H21F4NO3. The van der Waals surface area contributed by atoms with Crippen LogP contribution >= 0.6 is 0 Å². The molecule has 4 nitrogen and oxygen atoms in total. The van der Waals surface area contributed by atoms with Crippen molar-refractivity contribution in [3.63, 3.8) is 0 Å². The summed E-state index contributed by atoms with van der Waals surface area (Å²) in [6.45, 7) is 5.65. The second-order valence-corrected chi connectivity index (χ2v) is 7.73. The molecule has 2 atom stereocenters. The molecule has 148 valence electrons. The average Bonchev–Trinajstić information content (AvgIpc) is 2.51. The lowest BCUT2D eigenvalue weighted by Gasteiger charge is -2.44. The highest BCUT2D eigenvalue weighted by Gasteiger charge is 2.41. The van der Waals surface area contributed by atoms with Gasteiger partial charge < -0.3 is 9.47 Å². The number of carbonyl (C=O) groups is 1. The molecule has 1 amide bonds. The van der Waals surface area contributed by atoms with Crippen molar-refractivity contribution < 1.29 is 31.8 Å². The third-order valence-corrected chi connectivity index (χ3v) is 4.44. The highest BCUT2D eigenvalue weighted by molar-refractivity contribution is 5.75. The molecule has 0 spiro atoms. The summed E-state index contributed by atoms with van der Waals surface area (Å²) in [4.78, 5) is 14.1. The Hall–Kier alpha value is -2.09. The van der Waals surface area contributed by atoms with Crippen molar-refractivity contribution in [1.29, 1.82) is 0 Å². The standard InChI is InChI=1S/C19H21F4NO3/c1-18(2,3)27-17(25)24-13-6-11(7-14(24)10-26-9-13)15-8-12(19(21,22)23)4-5-16(15)20/h4-6,8,13-14H,7,9-10H2,1-3H3. The van der Waals surface area contributed by atoms with Crippen LogP contribution in [0, 0.1) is 5.82 Å². The summed E-state index contributed by atoms with van der Waals surface area (Å²) in [5.41, 5.74) is -1.23. The number of amides is 1. The van der Waals surface area contributed by atoms with E-state index in [9.17, 15) is 22.4 Å². The second-order valence-electron chi connectivity index (χ2n) is 7.73. The van der Waals surface area contributed by atoms with E-state index < -0.39 is 41.3 Å². The number of morpholine rings is 1. The van der Waals surface area contributed by atoms with Gasteiger partial charge in [-0.2, -0.15) is 13.2 Å². The Labute approximate surface area is 154 Å². The molecule has 3 rings (SSSR count). The number of ether oxygens (including phenoxy) is 2. The van der Waals surface area contributed by atoms with Gasteiger partial charge in [-0.25, -0.2) is 9.18 Å². The SMILES string of the molecule is CC(C)(C)OC(=O)N1C2C=C(c3cc(C(F)(F)F)ccc3F)CC1COC2. The molecule has 27 heavy (non-hydrogen) atoms. The van der Waals surface area contributed by atoms with Crippen LogP contribution < -0.4 is 0 Å². The number of halogens is 4. The first-order valence-electron chi connectivity index (χ1n) is 8.62. The molecule has 0 aliphatic carbocycles. The van der Waals surface area contributed by atoms with Crippen molar-refractivity contribution in [2.75, 3.05) is 13.2 Å². The minimum absolute atomic E-state index is 0.0921. The van der Waals surface area contributed by atoms with Crippen molar-refractivity contribution in [2.24, 2.45) is 0 Å². The van der Waals surface area contributed by atoms with E-state index in [0.717, 1.165) is 18.2 Å². The predicted molar refractivity (Wildman–Crippen MR) is 90.5 cm³/mol. The van der Waals surface area contributed by atoms with Gasteiger partial charge in [0, 0.05) is 5.56 Å². The Balaban J connectivity index is 1.93. The number of benzene rings is 1. The van der Waals surface area contributed by atoms with E-state index in [0.29, 0.717) is 5.57 Å². The van der Waals surface area contributed by atoms with Crippen LogP contribution in [0.5, 0.6) is 0 Å². The maximum absolute atomic E-state index is 14.3. The fourth-order valence-corrected chi connectivity index (χ4v) is 3.34. The molecule has 0 aromatic heterocycles. The normalized spacial score (nSPS) is 23.1. The number of nitrogens with zero attached hydrogens (tertiary/aromatic N) is 1. The molecule has 2 unspecified atom stereocenters. The Kier molecular flexibility index (Phi) is 4.96. The van der Waals surface area contributed by atoms with Gasteiger partial charge in [0.05, 0.1) is 30.9 Å². The highest BCUT2D eigenvalue weighted by atomic mass is 19.4. The summed E-state index contributed by atoms with van der Waals surface area (Å²) in [7, 11) is 0. The zero-order valence-electron chi connectivity index (χ0n) is 15.3. The lowest BCUT2D eigenvalue weighted by Crippen LogP contribution is -2.57. The van der Waals surface area contributed by atoms with Crippen LogP contribution in [0.2, 0.25) is 0 Å². The highest BCUT2D eigenvalue weighted by Crippen LogP contribution is 2.37. The summed E-state index contributed by atoms with van der Waals surface area (Å²) < 4.78 is 64.1. The van der Waals surface area contributed by atoms with Gasteiger partial charge in [0.1, 0.15) is 11.4 Å². The summed E-state index contributed by atoms with van der Waals surface area (Å²) >= 11 is 0. The van der Waals surface area contributed by atoms with Gasteiger partial charge in [-0.1, -0.05) is 6.08 Å². The average molecular weight is 387 g/mol. The number of carbonyl (C=O) groups excluding carboxylic acids is 1. The Morgan fingerprint density at radius 1 is 1.22 bits per heavy atom. The molecule has 1 aromatic rings. The lowest BCUT2D eigenvalue weighted by atomic mass is 9.89. The third-order valence-electron chi connectivity index (χ3n) is 4.44. The van der Waals surface area contributed by atoms with Crippen LogP contribution in [0.4, 0.5) is 22.4 Å². The molecule has 1 fully saturated rings. The molecule has 1 saturated heterocycles. The first-order chi connectivity index (χ1) is 12.5. The second kappa shape index (κ2) is 6.82. The lowest BCUT2D eigenvalue weighted by molar-refractivity contribution is -0.137. The van der Waals surface area contributed by atoms with Crippen molar-refractivity contribution in [2.45, 2.75) is 51.1 Å². The Morgan fingerprint density at radius 2 is 1.93 bits per heavy atom. The zero-order chi connectivity index (χ0) is 20.0. The third kappa shape index (κ3) is 4.26. The minimum atomic E-state index is -4.56. The van der Waals surface area contributed by atoms with E-state index >= 15 is 0 Å². The van der Waals surface area contributed by atoms with E-state index in [1.54, 1.807) is 26.8 Å². The van der Waals surface area contributed by atoms with E-state index in [1.165, 1.54) is 4.90 Å². The number of alkyl halides is 3. The van der Waals surface area contributed by atoms with Gasteiger partial charge in [0.2, 0.25) is 0 Å². The predicted octanol–water partition coefficient (Wildman–Crippen LogP) is 4.64. The summed E-state index contributed by atoms with van der Waals surface area (Å²) in [5, 5.41) is 0. The number of hydrogen-bond donors (Lipinski definition) is 0. The quantitative estimate of drug-likeness (QED) is 0.659. The smallest absolute Gasteiger partial charge is 0.416 e. The first kappa shape index (κ1) is 19.7. The topological polar surface area (TPSA) is 38.8 Å². The van der Waals surface area contributed by atoms with E-state index in [-0.39, 0.29) is 25.2 Å². The Morgan fingerprint density at radius 3 is 2.52 bits per heavy atom. The van der Waals surface area contributed by atoms with E-state index in [2.05, 4.69) is 0 Å². The number of hydrogen-bond acceptors (Lipinski definition) is 3. The summed E-state index contributed by atoms with van der Waals surface area (Å²) in [5.74, 6) is -0.723. The molecule has 2 aliphatic heterocycles. The van der Waals surface area contributed by atoms with Crippen LogP contribution in [-0.4, -0.2) is 41.9 Å². The van der Waals surface area contributed by atoms with Crippen LogP contribution in [0.15, 0.2) is 24.3 Å². The van der Waals surface area contributed by atoms with Crippen LogP contribution in [0.1, 0.15) is 38.3 Å². The van der Waals surface area contributed by atoms with Crippen molar-refractivity contribution in [1.82, 2.24) is 4.90 Å². The van der Waals surface area contributed by atoms with E-state index in [4.69, 9.17) is 9.47 Å². The minimum Gasteiger partial charge on any atom is -0.444 e. The van der Waals surface area contributed by atoms with Gasteiger partial charge >= 0.3 is 12.3 Å². The van der Waals surface area contributed by atoms with E-state index in [1.807, 2.05) is 0 Å². The molecule has 0 N–H and O–H groups in total. The molecule has 2 heterocycles. The first-order valence-corrected chi connectivity index (χ1v) is 8.62. The molecule has 0 radical (unpaired) electrons. The summed E-state index contributed by atoms with van der Waals surface area (Å²) in [6.07, 6.45) is -3.29. The molecule has 0 saturated carbocycles. The van der Waals surface area contributed by atoms with Crippen molar-refractivity contribution in [3.8, 4) is 0 Å². The Bertz CT molecular complexity index is 767. The van der Waals surface area contributed by atoms with Gasteiger partial charge in [-0.15, -0.1) is 0 Å². The molecule has 8 heteroatoms. The van der Waals surface area contributed by atoms with Crippen molar-refractivity contribution in [3.05, 3.63) is 41.2 Å². The van der Waals surface area contributed by atoms with Crippen LogP contribution in [-0.2, 0) is 15.7 Å². The van der Waals surface area contributed by atoms with Gasteiger partial charge in [0.25, 0.3) is 0 Å². The maximum Gasteiger partial charge on any atom is 0.416 e. The van der Waals surface area contributed by atoms with Gasteiger partial charge in [0.15, 0.2) is 0 Å². The van der Waals surface area contributed by atoms with Crippen molar-refractivity contribution >= 4 is 11.7 Å². The number of fused-ring (bicyclic) bond motifs is 2. The fraction of sp³-hybridized carbons (Fsp3) is 0.526. The van der Waals surface area contributed by atoms with Gasteiger partial charge in [-0.3, -0.25) is 4.90 Å². The van der Waals surface area contributed by atoms with Crippen LogP contribution in [0.3, 0.4) is 0 Å². The fourth-order valence-electron chi connectivity index (χ4n) is 3.34. The zero-order valence-corrected chi connectivity index (χ0v) is 15.3. The molecule has 2 bridgehead atoms. The molecular weight excluding hydrogens is 366 g/mol. The summed E-state index contributed by atoms with van der Waals surface area (Å²) in [6, 6.07) is 1.43. The maximum atomic E-state index is 14.3. The monoisotopic (exact) mass is 387 g/mol. The van der Waals surface area contributed by atoms with Gasteiger partial charge in [-0.05, 0) is 51.0 Å². The molecule has 2 aliphatic rings. The largest absolute Gasteiger partial charge is 0.444 e. The number of rotatable bonds is 1. The van der Waals surface area contributed by atoms with Crippen LogP contribution in [0.25, 0.3) is 5.57 Å². The molecule has 1 aromatic carbocycles.